The first kappa shape index (κ1) is 9.83. The molecule has 0 fully saturated rings. The molecule has 86 valence electrons. The molecule has 0 spiro atoms. The highest BCUT2D eigenvalue weighted by Gasteiger charge is 2.05. The van der Waals surface area contributed by atoms with E-state index in [-0.39, 0.29) is 0 Å². The molecule has 0 unspecified atom stereocenters. The van der Waals surface area contributed by atoms with Crippen LogP contribution in [0.2, 0.25) is 0 Å². The fourth-order valence-electron chi connectivity index (χ4n) is 1.65. The van der Waals surface area contributed by atoms with Crippen molar-refractivity contribution in [3.8, 4) is 0 Å². The molecule has 0 saturated heterocycles. The average Bonchev–Trinajstić information content (AvgIpc) is 2.94. The zero-order valence-electron chi connectivity index (χ0n) is 9.27. The van der Waals surface area contributed by atoms with E-state index in [1.165, 1.54) is 0 Å². The second-order valence-electron chi connectivity index (χ2n) is 3.71. The number of aromatic amines is 1. The second-order valence-corrected chi connectivity index (χ2v) is 3.71. The number of anilines is 1. The molecule has 0 saturated carbocycles. The van der Waals surface area contributed by atoms with E-state index in [0.29, 0.717) is 12.4 Å². The van der Waals surface area contributed by atoms with Crippen LogP contribution < -0.4 is 5.32 Å². The summed E-state index contributed by atoms with van der Waals surface area (Å²) in [7, 11) is 0. The van der Waals surface area contributed by atoms with Crippen molar-refractivity contribution in [2.24, 2.45) is 0 Å². The number of fused-ring (bicyclic) bond motifs is 1. The quantitative estimate of drug-likeness (QED) is 0.716. The summed E-state index contributed by atoms with van der Waals surface area (Å²) in [4.78, 5) is 8.32. The first-order valence-electron chi connectivity index (χ1n) is 5.26. The third-order valence-corrected chi connectivity index (χ3v) is 2.44. The Morgan fingerprint density at radius 2 is 2.29 bits per heavy atom. The van der Waals surface area contributed by atoms with E-state index in [1.807, 2.05) is 13.0 Å². The van der Waals surface area contributed by atoms with Gasteiger partial charge in [-0.1, -0.05) is 0 Å². The molecule has 0 radical (unpaired) electrons. The molecule has 3 rings (SSSR count). The molecule has 0 amide bonds. The van der Waals surface area contributed by atoms with Gasteiger partial charge in [0.1, 0.15) is 16.8 Å². The molecule has 6 heteroatoms. The van der Waals surface area contributed by atoms with E-state index in [1.54, 1.807) is 18.6 Å². The van der Waals surface area contributed by atoms with Gasteiger partial charge in [0.15, 0.2) is 0 Å². The summed E-state index contributed by atoms with van der Waals surface area (Å²) in [6, 6.07) is 1.89. The van der Waals surface area contributed by atoms with Crippen LogP contribution in [0.5, 0.6) is 0 Å². The Kier molecular flexibility index (Phi) is 2.25. The third kappa shape index (κ3) is 1.84. The Labute approximate surface area is 97.1 Å². The van der Waals surface area contributed by atoms with E-state index < -0.39 is 0 Å². The van der Waals surface area contributed by atoms with E-state index in [2.05, 4.69) is 25.5 Å². The molecule has 0 aliphatic heterocycles. The number of nitrogens with zero attached hydrogens (tertiary/aromatic N) is 3. The van der Waals surface area contributed by atoms with Crippen LogP contribution in [-0.2, 0) is 6.54 Å². The van der Waals surface area contributed by atoms with Gasteiger partial charge in [-0.3, -0.25) is 10.1 Å². The van der Waals surface area contributed by atoms with Crippen LogP contribution >= 0.6 is 0 Å². The predicted molar refractivity (Wildman–Crippen MR) is 62.5 cm³/mol. The molecule has 0 aliphatic rings. The van der Waals surface area contributed by atoms with Crippen LogP contribution in [0.1, 0.15) is 11.7 Å². The highest BCUT2D eigenvalue weighted by atomic mass is 16.4. The summed E-state index contributed by atoms with van der Waals surface area (Å²) in [5, 5.41) is 10.1. The van der Waals surface area contributed by atoms with Gasteiger partial charge in [0.25, 0.3) is 0 Å². The molecule has 0 aliphatic carbocycles. The molecule has 6 nitrogen and oxygen atoms in total. The van der Waals surface area contributed by atoms with Crippen LogP contribution in [0.4, 0.5) is 5.69 Å². The van der Waals surface area contributed by atoms with Crippen molar-refractivity contribution in [2.45, 2.75) is 13.5 Å². The van der Waals surface area contributed by atoms with E-state index in [0.717, 1.165) is 22.5 Å². The molecule has 0 bridgehead atoms. The fraction of sp³-hybridized carbons (Fsp3) is 0.182. The average molecular weight is 229 g/mol. The number of aryl methyl sites for hydroxylation is 1. The largest absolute Gasteiger partial charge is 0.444 e. The number of oxazole rings is 1. The Morgan fingerprint density at radius 1 is 1.35 bits per heavy atom. The van der Waals surface area contributed by atoms with Crippen molar-refractivity contribution < 1.29 is 4.42 Å². The lowest BCUT2D eigenvalue weighted by molar-refractivity contribution is 0.479. The normalized spacial score (nSPS) is 10.9. The standard InChI is InChI=1S/C11H11N5O/c1-7-4-14-10(17-7)6-13-8-2-3-12-9-5-15-16-11(8)9/h2-5H,6H2,1H3,(H,12,13)(H,15,16). The van der Waals surface area contributed by atoms with Gasteiger partial charge >= 0.3 is 0 Å². The maximum Gasteiger partial charge on any atom is 0.213 e. The van der Waals surface area contributed by atoms with Crippen molar-refractivity contribution in [2.75, 3.05) is 5.32 Å². The SMILES string of the molecule is Cc1cnc(CNc2ccnc3cn[nH]c23)o1. The second kappa shape index (κ2) is 3.89. The van der Waals surface area contributed by atoms with Gasteiger partial charge in [0, 0.05) is 6.20 Å². The van der Waals surface area contributed by atoms with Gasteiger partial charge in [0.05, 0.1) is 24.6 Å². The topological polar surface area (TPSA) is 79.6 Å². The fourth-order valence-corrected chi connectivity index (χ4v) is 1.65. The number of rotatable bonds is 3. The lowest BCUT2D eigenvalue weighted by Gasteiger charge is -2.03. The summed E-state index contributed by atoms with van der Waals surface area (Å²) in [6.45, 7) is 2.40. The molecular formula is C11H11N5O. The van der Waals surface area contributed by atoms with Crippen molar-refractivity contribution in [1.29, 1.82) is 0 Å². The Hall–Kier alpha value is -2.37. The molecule has 0 atom stereocenters. The lowest BCUT2D eigenvalue weighted by Crippen LogP contribution is -2.00. The highest BCUT2D eigenvalue weighted by molar-refractivity contribution is 5.86. The minimum Gasteiger partial charge on any atom is -0.444 e. The van der Waals surface area contributed by atoms with E-state index >= 15 is 0 Å². The maximum absolute atomic E-state index is 5.38. The van der Waals surface area contributed by atoms with Crippen LogP contribution in [0.15, 0.2) is 29.1 Å². The van der Waals surface area contributed by atoms with Crippen LogP contribution in [0.3, 0.4) is 0 Å². The predicted octanol–water partition coefficient (Wildman–Crippen LogP) is 1.87. The van der Waals surface area contributed by atoms with Gasteiger partial charge in [-0.2, -0.15) is 5.10 Å². The zero-order valence-corrected chi connectivity index (χ0v) is 9.27. The molecule has 17 heavy (non-hydrogen) atoms. The monoisotopic (exact) mass is 229 g/mol. The summed E-state index contributed by atoms with van der Waals surface area (Å²) in [5.41, 5.74) is 2.65. The summed E-state index contributed by atoms with van der Waals surface area (Å²) >= 11 is 0. The van der Waals surface area contributed by atoms with Crippen molar-refractivity contribution in [3.05, 3.63) is 36.3 Å². The van der Waals surface area contributed by atoms with Crippen LogP contribution in [0.25, 0.3) is 11.0 Å². The van der Waals surface area contributed by atoms with E-state index in [4.69, 9.17) is 4.42 Å². The van der Waals surface area contributed by atoms with Crippen LogP contribution in [-0.4, -0.2) is 20.2 Å². The molecule has 2 N–H and O–H groups in total. The van der Waals surface area contributed by atoms with Gasteiger partial charge in [-0.15, -0.1) is 0 Å². The van der Waals surface area contributed by atoms with Crippen molar-refractivity contribution in [3.63, 3.8) is 0 Å². The minimum absolute atomic E-state index is 0.534. The first-order valence-corrected chi connectivity index (χ1v) is 5.26. The molecule has 0 aromatic carbocycles. The van der Waals surface area contributed by atoms with Crippen molar-refractivity contribution in [1.82, 2.24) is 20.2 Å². The van der Waals surface area contributed by atoms with Gasteiger partial charge in [0.2, 0.25) is 5.89 Å². The lowest BCUT2D eigenvalue weighted by atomic mass is 10.3. The van der Waals surface area contributed by atoms with Gasteiger partial charge in [-0.05, 0) is 13.0 Å². The van der Waals surface area contributed by atoms with Gasteiger partial charge in [-0.25, -0.2) is 4.98 Å². The minimum atomic E-state index is 0.534. The summed E-state index contributed by atoms with van der Waals surface area (Å²) in [6.07, 6.45) is 5.13. The first-order chi connectivity index (χ1) is 8.33. The number of nitrogens with one attached hydrogen (secondary N) is 2. The molecule has 3 aromatic rings. The Morgan fingerprint density at radius 3 is 3.12 bits per heavy atom. The molecule has 3 heterocycles. The maximum atomic E-state index is 5.38. The van der Waals surface area contributed by atoms with E-state index in [9.17, 15) is 0 Å². The number of H-pyrrole nitrogens is 1. The molecule has 3 aromatic heterocycles. The number of aromatic nitrogens is 4. The van der Waals surface area contributed by atoms with Crippen molar-refractivity contribution >= 4 is 16.7 Å². The highest BCUT2D eigenvalue weighted by Crippen LogP contribution is 2.18. The zero-order chi connectivity index (χ0) is 11.7. The summed E-state index contributed by atoms with van der Waals surface area (Å²) in [5.74, 6) is 1.47. The number of hydrogen-bond donors (Lipinski definition) is 2. The number of pyridine rings is 1. The van der Waals surface area contributed by atoms with Gasteiger partial charge < -0.3 is 9.73 Å². The Bertz CT molecular complexity index is 642. The third-order valence-electron chi connectivity index (χ3n) is 2.44. The summed E-state index contributed by atoms with van der Waals surface area (Å²) < 4.78 is 5.38. The molecular weight excluding hydrogens is 218 g/mol. The smallest absolute Gasteiger partial charge is 0.213 e. The van der Waals surface area contributed by atoms with Crippen LogP contribution in [0, 0.1) is 6.92 Å². The Balaban J connectivity index is 1.83. The number of hydrogen-bond acceptors (Lipinski definition) is 5.